The number of carbonyl (C=O) groups is 2. The minimum atomic E-state index is -1.02. The molecule has 7 heteroatoms. The number of benzene rings is 2. The largest absolute Gasteiger partial charge is 0.493 e. The summed E-state index contributed by atoms with van der Waals surface area (Å²) >= 11 is 0. The lowest BCUT2D eigenvalue weighted by atomic mass is 9.94. The fourth-order valence-electron chi connectivity index (χ4n) is 4.53. The highest BCUT2D eigenvalue weighted by atomic mass is 19.1. The number of aryl methyl sites for hydroxylation is 1. The summed E-state index contributed by atoms with van der Waals surface area (Å²) in [6.45, 7) is -0.545. The second kappa shape index (κ2) is 8.81. The smallest absolute Gasteiger partial charge is 0.313 e. The zero-order chi connectivity index (χ0) is 22.9. The fraction of sp³-hybridized carbons (Fsp3) is 0.440. The van der Waals surface area contributed by atoms with E-state index in [-0.39, 0.29) is 18.6 Å². The predicted octanol–water partition coefficient (Wildman–Crippen LogP) is 4.86. The van der Waals surface area contributed by atoms with Gasteiger partial charge in [-0.1, -0.05) is 18.2 Å². The molecule has 0 amide bonds. The molecule has 1 atom stereocenters. The molecule has 0 heterocycles. The van der Waals surface area contributed by atoms with Gasteiger partial charge in [0.2, 0.25) is 5.75 Å². The van der Waals surface area contributed by atoms with Gasteiger partial charge in [-0.3, -0.25) is 14.0 Å². The van der Waals surface area contributed by atoms with Crippen molar-refractivity contribution in [1.29, 1.82) is 0 Å². The Hall–Kier alpha value is -3.09. The van der Waals surface area contributed by atoms with Crippen LogP contribution < -0.4 is 14.2 Å². The van der Waals surface area contributed by atoms with Gasteiger partial charge < -0.3 is 19.3 Å². The average Bonchev–Trinajstić information content (AvgIpc) is 3.54. The summed E-state index contributed by atoms with van der Waals surface area (Å²) in [6, 6.07) is 9.24. The third kappa shape index (κ3) is 3.80. The maximum atomic E-state index is 13.0. The Morgan fingerprint density at radius 2 is 1.84 bits per heavy atom. The molecule has 0 aliphatic heterocycles. The Bertz CT molecular complexity index is 1040. The van der Waals surface area contributed by atoms with Crippen molar-refractivity contribution in [3.63, 3.8) is 0 Å². The maximum absolute atomic E-state index is 13.0. The number of carboxylic acid groups (broad SMARTS) is 1. The molecule has 0 aromatic heterocycles. The molecule has 0 bridgehead atoms. The van der Waals surface area contributed by atoms with Crippen molar-refractivity contribution >= 4 is 11.8 Å². The zero-order valence-electron chi connectivity index (χ0n) is 18.3. The van der Waals surface area contributed by atoms with E-state index in [1.165, 1.54) is 14.2 Å². The minimum absolute atomic E-state index is 0.138. The van der Waals surface area contributed by atoms with Crippen LogP contribution >= 0.6 is 0 Å². The number of ketones is 1. The first kappa shape index (κ1) is 22.1. The molecule has 0 spiro atoms. The lowest BCUT2D eigenvalue weighted by molar-refractivity contribution is -0.147. The quantitative estimate of drug-likeness (QED) is 0.566. The lowest BCUT2D eigenvalue weighted by Crippen LogP contribution is -2.35. The summed E-state index contributed by atoms with van der Waals surface area (Å²) in [6.07, 6.45) is 1.95. The van der Waals surface area contributed by atoms with Crippen molar-refractivity contribution in [1.82, 2.24) is 0 Å². The van der Waals surface area contributed by atoms with E-state index in [4.69, 9.17) is 14.2 Å². The minimum Gasteiger partial charge on any atom is -0.493 e. The first-order chi connectivity index (χ1) is 15.4. The number of Topliss-reactive ketones (excluding diaryl/α,β-unsaturated/α-hetero) is 1. The number of halogens is 1. The van der Waals surface area contributed by atoms with E-state index in [0.29, 0.717) is 48.5 Å². The second-order valence-electron chi connectivity index (χ2n) is 8.37. The van der Waals surface area contributed by atoms with Gasteiger partial charge in [0.1, 0.15) is 11.5 Å². The van der Waals surface area contributed by atoms with E-state index in [0.717, 1.165) is 16.7 Å². The van der Waals surface area contributed by atoms with Gasteiger partial charge in [0.25, 0.3) is 0 Å². The summed E-state index contributed by atoms with van der Waals surface area (Å²) in [7, 11) is 3.01. The van der Waals surface area contributed by atoms with Gasteiger partial charge >= 0.3 is 5.97 Å². The molecule has 1 saturated carbocycles. The molecule has 1 N–H and O–H groups in total. The Kier molecular flexibility index (Phi) is 6.09. The van der Waals surface area contributed by atoms with E-state index in [1.807, 2.05) is 24.3 Å². The summed E-state index contributed by atoms with van der Waals surface area (Å²) < 4.78 is 30.4. The van der Waals surface area contributed by atoms with Crippen LogP contribution in [0.2, 0.25) is 0 Å². The van der Waals surface area contributed by atoms with Crippen molar-refractivity contribution in [2.45, 2.75) is 44.6 Å². The van der Waals surface area contributed by atoms with Crippen LogP contribution in [0.4, 0.5) is 4.39 Å². The average molecular weight is 442 g/mol. The highest BCUT2D eigenvalue weighted by Gasteiger charge is 2.57. The van der Waals surface area contributed by atoms with E-state index in [1.54, 1.807) is 6.07 Å². The first-order valence-electron chi connectivity index (χ1n) is 10.8. The molecule has 2 aromatic carbocycles. The molecule has 1 unspecified atom stereocenters. The number of methoxy groups -OCH3 is 2. The number of ether oxygens (including phenoxy) is 3. The second-order valence-corrected chi connectivity index (χ2v) is 8.37. The van der Waals surface area contributed by atoms with Crippen LogP contribution in [0.3, 0.4) is 0 Å². The fourth-order valence-corrected chi connectivity index (χ4v) is 4.53. The van der Waals surface area contributed by atoms with Crippen LogP contribution in [0.25, 0.3) is 11.1 Å². The number of hydrogen-bond donors (Lipinski definition) is 1. The first-order valence-corrected chi connectivity index (χ1v) is 10.8. The van der Waals surface area contributed by atoms with Gasteiger partial charge in [0.15, 0.2) is 17.3 Å². The van der Waals surface area contributed by atoms with Crippen molar-refractivity contribution in [2.75, 3.05) is 20.9 Å². The van der Waals surface area contributed by atoms with Crippen molar-refractivity contribution in [2.24, 2.45) is 5.41 Å². The van der Waals surface area contributed by atoms with Gasteiger partial charge in [-0.15, -0.1) is 0 Å². The van der Waals surface area contributed by atoms with Crippen LogP contribution in [0.15, 0.2) is 30.3 Å². The maximum Gasteiger partial charge on any atom is 0.313 e. The number of carbonyl (C=O) groups excluding carboxylic acids is 1. The molecule has 6 nitrogen and oxygen atoms in total. The molecule has 1 fully saturated rings. The number of aliphatic carboxylic acids is 1. The Balaban J connectivity index is 1.80. The Labute approximate surface area is 186 Å². The van der Waals surface area contributed by atoms with Gasteiger partial charge in [-0.05, 0) is 55.4 Å². The van der Waals surface area contributed by atoms with E-state index >= 15 is 0 Å². The number of rotatable bonds is 10. The predicted molar refractivity (Wildman–Crippen MR) is 117 cm³/mol. The third-order valence-corrected chi connectivity index (χ3v) is 6.53. The summed E-state index contributed by atoms with van der Waals surface area (Å²) in [5.74, 6) is 0.382. The molecule has 2 aromatic rings. The molecule has 0 radical (unpaired) electrons. The van der Waals surface area contributed by atoms with Gasteiger partial charge in [0.05, 0.1) is 20.9 Å². The van der Waals surface area contributed by atoms with Gasteiger partial charge in [-0.2, -0.15) is 0 Å². The van der Waals surface area contributed by atoms with Crippen LogP contribution in [0, 0.1) is 5.41 Å². The highest BCUT2D eigenvalue weighted by Crippen LogP contribution is 2.54. The topological polar surface area (TPSA) is 82.1 Å². The summed E-state index contributed by atoms with van der Waals surface area (Å²) in [5.41, 5.74) is 2.23. The standard InChI is InChI=1S/C25H27FO6/c1-30-20-10-8-18(16-5-7-17-15(14-16)6-9-19(17)27)22(23(20)31-2)32-21(4-3-13-26)25(11-12-25)24(28)29/h5,7-8,10,14,21H,3-4,6,9,11-13H2,1-2H3,(H,28,29). The number of alkyl halides is 1. The monoisotopic (exact) mass is 442 g/mol. The summed E-state index contributed by atoms with van der Waals surface area (Å²) in [5, 5.41) is 9.83. The Morgan fingerprint density at radius 3 is 2.47 bits per heavy atom. The van der Waals surface area contributed by atoms with Crippen molar-refractivity contribution < 1.29 is 33.3 Å². The number of hydrogen-bond acceptors (Lipinski definition) is 5. The van der Waals surface area contributed by atoms with Gasteiger partial charge in [-0.25, -0.2) is 0 Å². The number of fused-ring (bicyclic) bond motifs is 1. The van der Waals surface area contributed by atoms with Crippen molar-refractivity contribution in [3.8, 4) is 28.4 Å². The van der Waals surface area contributed by atoms with E-state index in [2.05, 4.69) is 0 Å². The molecule has 4 rings (SSSR count). The third-order valence-electron chi connectivity index (χ3n) is 6.53. The van der Waals surface area contributed by atoms with Crippen molar-refractivity contribution in [3.05, 3.63) is 41.5 Å². The van der Waals surface area contributed by atoms with E-state index in [9.17, 15) is 19.1 Å². The molecular formula is C25H27FO6. The normalized spacial score (nSPS) is 16.9. The van der Waals surface area contributed by atoms with Crippen LogP contribution in [0.5, 0.6) is 17.2 Å². The Morgan fingerprint density at radius 1 is 1.09 bits per heavy atom. The van der Waals surface area contributed by atoms with Crippen LogP contribution in [-0.2, 0) is 11.2 Å². The van der Waals surface area contributed by atoms with E-state index < -0.39 is 24.2 Å². The van der Waals surface area contributed by atoms with Crippen LogP contribution in [-0.4, -0.2) is 43.9 Å². The van der Waals surface area contributed by atoms with Crippen LogP contribution in [0.1, 0.15) is 48.0 Å². The zero-order valence-corrected chi connectivity index (χ0v) is 18.3. The highest BCUT2D eigenvalue weighted by molar-refractivity contribution is 6.01. The summed E-state index contributed by atoms with van der Waals surface area (Å²) in [4.78, 5) is 24.1. The molecule has 0 saturated heterocycles. The SMILES string of the molecule is COc1ccc(-c2ccc3c(c2)CCC3=O)c(OC(CCCF)C2(C(=O)O)CC2)c1OC. The molecule has 32 heavy (non-hydrogen) atoms. The molecular weight excluding hydrogens is 415 g/mol. The molecule has 2 aliphatic rings. The molecule has 170 valence electrons. The molecule has 2 aliphatic carbocycles. The van der Waals surface area contributed by atoms with Gasteiger partial charge in [0, 0.05) is 17.5 Å². The number of carboxylic acids is 1. The lowest BCUT2D eigenvalue weighted by Gasteiger charge is -2.27.